The molecule has 3 rings (SSSR count). The minimum atomic E-state index is -1.07. The van der Waals surface area contributed by atoms with Crippen molar-refractivity contribution in [3.8, 4) is 11.1 Å². The van der Waals surface area contributed by atoms with E-state index in [4.69, 9.17) is 9.47 Å². The second-order valence-corrected chi connectivity index (χ2v) is 8.76. The van der Waals surface area contributed by atoms with E-state index >= 15 is 0 Å². The van der Waals surface area contributed by atoms with Crippen LogP contribution in [-0.4, -0.2) is 55.0 Å². The lowest BCUT2D eigenvalue weighted by Crippen LogP contribution is -2.47. The summed E-state index contributed by atoms with van der Waals surface area (Å²) in [6, 6.07) is 15.2. The molecule has 188 valence electrons. The summed E-state index contributed by atoms with van der Waals surface area (Å²) in [5.74, 6) is -1.76. The third kappa shape index (κ3) is 6.60. The average Bonchev–Trinajstić information content (AvgIpc) is 3.17. The zero-order valence-electron chi connectivity index (χ0n) is 20.5. The Bertz CT molecular complexity index is 994. The Balaban J connectivity index is 1.53. The molecule has 0 saturated heterocycles. The smallest absolute Gasteiger partial charge is 0.407 e. The van der Waals surface area contributed by atoms with Crippen molar-refractivity contribution in [2.24, 2.45) is 5.92 Å². The number of carbonyl (C=O) groups is 3. The first-order valence-electron chi connectivity index (χ1n) is 12.1. The molecular formula is C27H34N2O6. The van der Waals surface area contributed by atoms with Gasteiger partial charge in [-0.1, -0.05) is 68.8 Å². The normalized spacial score (nSPS) is 14.8. The fraction of sp³-hybridized carbons (Fsp3) is 0.444. The molecule has 0 spiro atoms. The fourth-order valence-electron chi connectivity index (χ4n) is 4.39. The molecule has 0 aliphatic heterocycles. The maximum atomic E-state index is 12.4. The van der Waals surface area contributed by atoms with E-state index in [0.717, 1.165) is 22.3 Å². The number of ether oxygens (including phenoxy) is 2. The van der Waals surface area contributed by atoms with Gasteiger partial charge in [-0.05, 0) is 35.1 Å². The molecule has 35 heavy (non-hydrogen) atoms. The van der Waals surface area contributed by atoms with E-state index < -0.39 is 30.1 Å². The summed E-state index contributed by atoms with van der Waals surface area (Å²) in [6.45, 7) is 6.04. The fourth-order valence-corrected chi connectivity index (χ4v) is 4.39. The Morgan fingerprint density at radius 1 is 1.00 bits per heavy atom. The summed E-state index contributed by atoms with van der Waals surface area (Å²) in [7, 11) is 0. The highest BCUT2D eigenvalue weighted by Crippen LogP contribution is 2.44. The van der Waals surface area contributed by atoms with E-state index in [0.29, 0.717) is 13.0 Å². The van der Waals surface area contributed by atoms with Crippen molar-refractivity contribution in [1.82, 2.24) is 10.6 Å². The first-order chi connectivity index (χ1) is 16.8. The molecule has 8 heteroatoms. The van der Waals surface area contributed by atoms with E-state index in [9.17, 15) is 19.5 Å². The van der Waals surface area contributed by atoms with Gasteiger partial charge in [-0.3, -0.25) is 4.79 Å². The largest absolute Gasteiger partial charge is 0.480 e. The van der Waals surface area contributed by atoms with Gasteiger partial charge < -0.3 is 25.2 Å². The van der Waals surface area contributed by atoms with Crippen molar-refractivity contribution in [1.29, 1.82) is 0 Å². The van der Waals surface area contributed by atoms with Crippen molar-refractivity contribution in [3.63, 3.8) is 0 Å². The standard InChI is InChI=1S/C27H34N2O6/c1-4-17(3)25(26(31)32)29-24(30)14-18(34-5-2)15-28-27(33)35-16-23-21-12-8-6-10-19(21)20-11-7-9-13-22(20)23/h6-13,17-18,23,25H,4-5,14-16H2,1-3H3,(H,28,33)(H,29,30)(H,31,32). The number of carboxylic acid groups (broad SMARTS) is 1. The van der Waals surface area contributed by atoms with E-state index in [1.54, 1.807) is 13.8 Å². The molecule has 0 aromatic heterocycles. The molecule has 1 aliphatic carbocycles. The number of carbonyl (C=O) groups excluding carboxylic acids is 2. The van der Waals surface area contributed by atoms with Gasteiger partial charge in [0.2, 0.25) is 5.91 Å². The molecule has 3 unspecified atom stereocenters. The molecular weight excluding hydrogens is 448 g/mol. The Morgan fingerprint density at radius 2 is 1.60 bits per heavy atom. The third-order valence-corrected chi connectivity index (χ3v) is 6.43. The second kappa shape index (κ2) is 12.4. The van der Waals surface area contributed by atoms with Crippen LogP contribution in [0.5, 0.6) is 0 Å². The lowest BCUT2D eigenvalue weighted by Gasteiger charge is -2.22. The van der Waals surface area contributed by atoms with Crippen LogP contribution in [0.15, 0.2) is 48.5 Å². The number of nitrogens with one attached hydrogen (secondary N) is 2. The first kappa shape index (κ1) is 26.2. The molecule has 8 nitrogen and oxygen atoms in total. The Hall–Kier alpha value is -3.39. The summed E-state index contributed by atoms with van der Waals surface area (Å²) in [4.78, 5) is 36.4. The van der Waals surface area contributed by atoms with Gasteiger partial charge in [0.25, 0.3) is 0 Å². The molecule has 2 aromatic rings. The summed E-state index contributed by atoms with van der Waals surface area (Å²) in [6.07, 6.45) is -0.653. The lowest BCUT2D eigenvalue weighted by atomic mass is 9.98. The number of hydrogen-bond donors (Lipinski definition) is 3. The number of benzene rings is 2. The molecule has 3 N–H and O–H groups in total. The van der Waals surface area contributed by atoms with Gasteiger partial charge in [0.05, 0.1) is 12.5 Å². The summed E-state index contributed by atoms with van der Waals surface area (Å²) >= 11 is 0. The number of rotatable bonds is 12. The van der Waals surface area contributed by atoms with Gasteiger partial charge in [0.15, 0.2) is 0 Å². The maximum absolute atomic E-state index is 12.4. The van der Waals surface area contributed by atoms with Crippen LogP contribution >= 0.6 is 0 Å². The van der Waals surface area contributed by atoms with Crippen LogP contribution in [0.3, 0.4) is 0 Å². The quantitative estimate of drug-likeness (QED) is 0.422. The minimum Gasteiger partial charge on any atom is -0.480 e. The van der Waals surface area contributed by atoms with Crippen molar-refractivity contribution in [2.45, 2.75) is 51.7 Å². The van der Waals surface area contributed by atoms with Crippen LogP contribution in [0.25, 0.3) is 11.1 Å². The molecule has 0 radical (unpaired) electrons. The highest BCUT2D eigenvalue weighted by molar-refractivity contribution is 5.84. The molecule has 0 saturated carbocycles. The number of alkyl carbamates (subject to hydrolysis) is 1. The molecule has 0 fully saturated rings. The van der Waals surface area contributed by atoms with Gasteiger partial charge in [-0.2, -0.15) is 0 Å². The van der Waals surface area contributed by atoms with Crippen LogP contribution in [0.2, 0.25) is 0 Å². The SMILES string of the molecule is CCOC(CNC(=O)OCC1c2ccccc2-c2ccccc21)CC(=O)NC(C(=O)O)C(C)CC. The summed E-state index contributed by atoms with van der Waals surface area (Å²) < 4.78 is 11.1. The monoisotopic (exact) mass is 482 g/mol. The first-order valence-corrected chi connectivity index (χ1v) is 12.1. The molecule has 0 bridgehead atoms. The highest BCUT2D eigenvalue weighted by Gasteiger charge is 2.29. The van der Waals surface area contributed by atoms with E-state index in [2.05, 4.69) is 34.9 Å². The topological polar surface area (TPSA) is 114 Å². The number of fused-ring (bicyclic) bond motifs is 3. The number of hydrogen-bond acceptors (Lipinski definition) is 5. The third-order valence-electron chi connectivity index (χ3n) is 6.43. The van der Waals surface area contributed by atoms with Crippen LogP contribution in [0, 0.1) is 5.92 Å². The van der Waals surface area contributed by atoms with Crippen molar-refractivity contribution < 1.29 is 29.0 Å². The Kier molecular flexibility index (Phi) is 9.25. The van der Waals surface area contributed by atoms with Gasteiger partial charge in [0, 0.05) is 19.1 Å². The van der Waals surface area contributed by atoms with Crippen LogP contribution in [0.1, 0.15) is 50.7 Å². The number of aliphatic carboxylic acids is 1. The van der Waals surface area contributed by atoms with E-state index in [1.165, 1.54) is 0 Å². The molecule has 1 aliphatic rings. The van der Waals surface area contributed by atoms with E-state index in [1.807, 2.05) is 31.2 Å². The van der Waals surface area contributed by atoms with Gasteiger partial charge >= 0.3 is 12.1 Å². The van der Waals surface area contributed by atoms with E-state index in [-0.39, 0.29) is 31.4 Å². The molecule has 2 amide bonds. The Morgan fingerprint density at radius 3 is 2.14 bits per heavy atom. The summed E-state index contributed by atoms with van der Waals surface area (Å²) in [5.41, 5.74) is 4.55. The summed E-state index contributed by atoms with van der Waals surface area (Å²) in [5, 5.41) is 14.6. The van der Waals surface area contributed by atoms with Gasteiger partial charge in [-0.15, -0.1) is 0 Å². The predicted octanol–water partition coefficient (Wildman–Crippen LogP) is 3.94. The lowest BCUT2D eigenvalue weighted by molar-refractivity contribution is -0.143. The van der Waals surface area contributed by atoms with Gasteiger partial charge in [-0.25, -0.2) is 9.59 Å². The molecule has 0 heterocycles. The van der Waals surface area contributed by atoms with Crippen LogP contribution in [-0.2, 0) is 19.1 Å². The number of carboxylic acids is 1. The van der Waals surface area contributed by atoms with Crippen molar-refractivity contribution in [2.75, 3.05) is 19.8 Å². The van der Waals surface area contributed by atoms with Crippen molar-refractivity contribution >= 4 is 18.0 Å². The molecule has 3 atom stereocenters. The number of amides is 2. The zero-order valence-corrected chi connectivity index (χ0v) is 20.5. The second-order valence-electron chi connectivity index (χ2n) is 8.76. The van der Waals surface area contributed by atoms with Gasteiger partial charge in [0.1, 0.15) is 12.6 Å². The predicted molar refractivity (Wildman–Crippen MR) is 132 cm³/mol. The molecule has 2 aromatic carbocycles. The zero-order chi connectivity index (χ0) is 25.4. The maximum Gasteiger partial charge on any atom is 0.407 e. The van der Waals surface area contributed by atoms with Crippen LogP contribution in [0.4, 0.5) is 4.79 Å². The highest BCUT2D eigenvalue weighted by atomic mass is 16.5. The Labute approximate surface area is 206 Å². The van der Waals surface area contributed by atoms with Crippen molar-refractivity contribution in [3.05, 3.63) is 59.7 Å². The minimum absolute atomic E-state index is 0.0462. The van der Waals surface area contributed by atoms with Crippen LogP contribution < -0.4 is 10.6 Å². The average molecular weight is 483 g/mol.